The zero-order valence-electron chi connectivity index (χ0n) is 16.3. The first kappa shape index (κ1) is 18.9. The summed E-state index contributed by atoms with van der Waals surface area (Å²) in [5.74, 6) is 1.18. The molecule has 0 radical (unpaired) electrons. The molecule has 6 nitrogen and oxygen atoms in total. The Labute approximate surface area is 155 Å². The van der Waals surface area contributed by atoms with Gasteiger partial charge < -0.3 is 14.3 Å². The Kier molecular flexibility index (Phi) is 5.68. The van der Waals surface area contributed by atoms with E-state index in [0.717, 1.165) is 57.5 Å². The number of carbonyl (C=O) groups is 2. The standard InChI is InChI=1S/C20H31N3O3/c1-4-5-10-22-13-20(9-7-18(22)24)8-6-11-23(14-20)19(25)16-12-17(15(2)3)26-21-16/h12,15H,4-11,13-14H2,1-3H3. The van der Waals surface area contributed by atoms with Crippen LogP contribution in [0.25, 0.3) is 0 Å². The van der Waals surface area contributed by atoms with Crippen molar-refractivity contribution in [2.24, 2.45) is 5.41 Å². The quantitative estimate of drug-likeness (QED) is 0.806. The number of hydrogen-bond donors (Lipinski definition) is 0. The Morgan fingerprint density at radius 2 is 2.15 bits per heavy atom. The van der Waals surface area contributed by atoms with Crippen molar-refractivity contribution in [3.05, 3.63) is 17.5 Å². The second kappa shape index (κ2) is 7.80. The predicted molar refractivity (Wildman–Crippen MR) is 98.9 cm³/mol. The number of carbonyl (C=O) groups excluding carboxylic acids is 2. The highest BCUT2D eigenvalue weighted by Crippen LogP contribution is 2.39. The number of hydrogen-bond acceptors (Lipinski definition) is 4. The van der Waals surface area contributed by atoms with Crippen molar-refractivity contribution < 1.29 is 14.1 Å². The molecule has 1 atom stereocenters. The molecule has 0 N–H and O–H groups in total. The molecule has 0 aromatic carbocycles. The minimum atomic E-state index is -0.0447. The van der Waals surface area contributed by atoms with Gasteiger partial charge in [0, 0.05) is 50.0 Å². The summed E-state index contributed by atoms with van der Waals surface area (Å²) in [4.78, 5) is 29.1. The van der Waals surface area contributed by atoms with Crippen LogP contribution in [0, 0.1) is 5.41 Å². The van der Waals surface area contributed by atoms with Gasteiger partial charge in [0.1, 0.15) is 5.76 Å². The normalized spacial score (nSPS) is 23.9. The smallest absolute Gasteiger partial charge is 0.276 e. The van der Waals surface area contributed by atoms with Crippen molar-refractivity contribution in [1.29, 1.82) is 0 Å². The van der Waals surface area contributed by atoms with Crippen LogP contribution in [0.4, 0.5) is 0 Å². The van der Waals surface area contributed by atoms with Gasteiger partial charge in [0.25, 0.3) is 5.91 Å². The number of nitrogens with zero attached hydrogens (tertiary/aromatic N) is 3. The first-order chi connectivity index (χ1) is 12.4. The molecule has 1 aromatic rings. The largest absolute Gasteiger partial charge is 0.360 e. The van der Waals surface area contributed by atoms with Gasteiger partial charge in [0.2, 0.25) is 5.91 Å². The van der Waals surface area contributed by atoms with E-state index in [1.54, 1.807) is 6.07 Å². The molecule has 1 spiro atoms. The Morgan fingerprint density at radius 1 is 1.35 bits per heavy atom. The number of piperidine rings is 2. The molecule has 6 heteroatoms. The van der Waals surface area contributed by atoms with Gasteiger partial charge in [-0.3, -0.25) is 9.59 Å². The van der Waals surface area contributed by atoms with E-state index in [9.17, 15) is 9.59 Å². The van der Waals surface area contributed by atoms with Gasteiger partial charge in [0.05, 0.1) is 0 Å². The van der Waals surface area contributed by atoms with E-state index in [-0.39, 0.29) is 23.1 Å². The van der Waals surface area contributed by atoms with Crippen LogP contribution in [-0.2, 0) is 4.79 Å². The lowest BCUT2D eigenvalue weighted by Gasteiger charge is -2.48. The summed E-state index contributed by atoms with van der Waals surface area (Å²) < 4.78 is 5.30. The summed E-state index contributed by atoms with van der Waals surface area (Å²) in [6.45, 7) is 9.29. The van der Waals surface area contributed by atoms with Crippen LogP contribution in [-0.4, -0.2) is 52.9 Å². The number of aromatic nitrogens is 1. The van der Waals surface area contributed by atoms with Crippen LogP contribution in [0.1, 0.15) is 81.5 Å². The summed E-state index contributed by atoms with van der Waals surface area (Å²) in [6.07, 6.45) is 5.69. The molecular weight excluding hydrogens is 330 g/mol. The highest BCUT2D eigenvalue weighted by molar-refractivity contribution is 5.92. The van der Waals surface area contributed by atoms with Gasteiger partial charge in [-0.15, -0.1) is 0 Å². The van der Waals surface area contributed by atoms with Crippen molar-refractivity contribution in [1.82, 2.24) is 15.0 Å². The van der Waals surface area contributed by atoms with Crippen LogP contribution in [0.15, 0.2) is 10.6 Å². The predicted octanol–water partition coefficient (Wildman–Crippen LogP) is 3.44. The van der Waals surface area contributed by atoms with Crippen LogP contribution in [0.2, 0.25) is 0 Å². The van der Waals surface area contributed by atoms with Gasteiger partial charge in [-0.2, -0.15) is 0 Å². The van der Waals surface area contributed by atoms with Crippen molar-refractivity contribution in [2.75, 3.05) is 26.2 Å². The van der Waals surface area contributed by atoms with Crippen molar-refractivity contribution in [3.8, 4) is 0 Å². The van der Waals surface area contributed by atoms with E-state index in [1.807, 2.05) is 23.6 Å². The molecule has 1 aromatic heterocycles. The summed E-state index contributed by atoms with van der Waals surface area (Å²) in [5.41, 5.74) is 0.445. The first-order valence-electron chi connectivity index (χ1n) is 9.98. The molecule has 0 bridgehead atoms. The van der Waals surface area contributed by atoms with E-state index >= 15 is 0 Å². The van der Waals surface area contributed by atoms with Crippen LogP contribution < -0.4 is 0 Å². The molecule has 26 heavy (non-hydrogen) atoms. The summed E-state index contributed by atoms with van der Waals surface area (Å²) >= 11 is 0. The number of likely N-dealkylation sites (tertiary alicyclic amines) is 2. The Bertz CT molecular complexity index is 654. The van der Waals surface area contributed by atoms with Crippen molar-refractivity contribution in [2.45, 2.75) is 65.2 Å². The van der Waals surface area contributed by atoms with E-state index in [0.29, 0.717) is 18.7 Å². The molecule has 3 heterocycles. The maximum Gasteiger partial charge on any atom is 0.276 e. The second-order valence-electron chi connectivity index (χ2n) is 8.27. The molecule has 0 aliphatic carbocycles. The lowest BCUT2D eigenvalue weighted by Crippen LogP contribution is -2.55. The Balaban J connectivity index is 1.69. The molecule has 2 aliphatic heterocycles. The maximum absolute atomic E-state index is 12.9. The highest BCUT2D eigenvalue weighted by atomic mass is 16.5. The fourth-order valence-electron chi connectivity index (χ4n) is 4.19. The number of rotatable bonds is 5. The minimum Gasteiger partial charge on any atom is -0.360 e. The van der Waals surface area contributed by atoms with E-state index < -0.39 is 0 Å². The first-order valence-corrected chi connectivity index (χ1v) is 9.98. The molecular formula is C20H31N3O3. The molecule has 144 valence electrons. The lowest BCUT2D eigenvalue weighted by atomic mass is 9.73. The van der Waals surface area contributed by atoms with Crippen molar-refractivity contribution >= 4 is 11.8 Å². The van der Waals surface area contributed by atoms with Crippen LogP contribution in [0.3, 0.4) is 0 Å². The summed E-state index contributed by atoms with van der Waals surface area (Å²) in [6, 6.07) is 1.77. The van der Waals surface area contributed by atoms with Gasteiger partial charge in [-0.1, -0.05) is 32.3 Å². The van der Waals surface area contributed by atoms with Gasteiger partial charge in [0.15, 0.2) is 5.69 Å². The number of amides is 2. The van der Waals surface area contributed by atoms with Gasteiger partial charge >= 0.3 is 0 Å². The summed E-state index contributed by atoms with van der Waals surface area (Å²) in [5, 5.41) is 3.98. The molecule has 2 amide bonds. The van der Waals surface area contributed by atoms with Crippen molar-refractivity contribution in [3.63, 3.8) is 0 Å². The topological polar surface area (TPSA) is 66.7 Å². The average molecular weight is 361 g/mol. The Hall–Kier alpha value is -1.85. The average Bonchev–Trinajstić information content (AvgIpc) is 3.13. The molecule has 2 saturated heterocycles. The highest BCUT2D eigenvalue weighted by Gasteiger charge is 2.43. The lowest BCUT2D eigenvalue weighted by molar-refractivity contribution is -0.139. The van der Waals surface area contributed by atoms with Gasteiger partial charge in [-0.25, -0.2) is 0 Å². The van der Waals surface area contributed by atoms with Gasteiger partial charge in [-0.05, 0) is 25.7 Å². The monoisotopic (exact) mass is 361 g/mol. The second-order valence-corrected chi connectivity index (χ2v) is 8.27. The fourth-order valence-corrected chi connectivity index (χ4v) is 4.19. The molecule has 2 fully saturated rings. The SMILES string of the molecule is CCCCN1CC2(CCCN(C(=O)c3cc(C(C)C)on3)C2)CCC1=O. The zero-order chi connectivity index (χ0) is 18.7. The Morgan fingerprint density at radius 3 is 2.85 bits per heavy atom. The third kappa shape index (κ3) is 3.94. The molecule has 1 unspecified atom stereocenters. The van der Waals surface area contributed by atoms with E-state index in [4.69, 9.17) is 4.52 Å². The van der Waals surface area contributed by atoms with Crippen LogP contribution in [0.5, 0.6) is 0 Å². The zero-order valence-corrected chi connectivity index (χ0v) is 16.3. The third-order valence-electron chi connectivity index (χ3n) is 5.79. The van der Waals surface area contributed by atoms with E-state index in [2.05, 4.69) is 12.1 Å². The molecule has 3 rings (SSSR count). The maximum atomic E-state index is 12.9. The molecule has 0 saturated carbocycles. The van der Waals surface area contributed by atoms with E-state index in [1.165, 1.54) is 0 Å². The third-order valence-corrected chi connectivity index (χ3v) is 5.79. The summed E-state index contributed by atoms with van der Waals surface area (Å²) in [7, 11) is 0. The van der Waals surface area contributed by atoms with Crippen LogP contribution >= 0.6 is 0 Å². The minimum absolute atomic E-state index is 0.0418. The fraction of sp³-hybridized carbons (Fsp3) is 0.750. The number of unbranched alkanes of at least 4 members (excludes halogenated alkanes) is 1. The molecule has 2 aliphatic rings.